The number of benzene rings is 1. The Kier molecular flexibility index (Phi) is 7.61. The van der Waals surface area contributed by atoms with E-state index in [-0.39, 0.29) is 11.3 Å². The van der Waals surface area contributed by atoms with Gasteiger partial charge in [-0.3, -0.25) is 9.59 Å². The SMILES string of the molecule is CCCCc1c(C(=O)Nc2c(CC)cccc2CC)c(=O)c(CC)c(C)n1C. The molecule has 0 aliphatic carbocycles. The Labute approximate surface area is 169 Å². The van der Waals surface area contributed by atoms with Crippen LogP contribution in [0, 0.1) is 6.92 Å². The molecule has 0 saturated heterocycles. The van der Waals surface area contributed by atoms with E-state index in [1.807, 2.05) is 43.7 Å². The van der Waals surface area contributed by atoms with Crippen LogP contribution in [0.4, 0.5) is 5.69 Å². The molecular weight excluding hydrogens is 348 g/mol. The largest absolute Gasteiger partial charge is 0.351 e. The van der Waals surface area contributed by atoms with Crippen molar-refractivity contribution in [1.82, 2.24) is 4.57 Å². The van der Waals surface area contributed by atoms with Crippen molar-refractivity contribution in [2.45, 2.75) is 73.1 Å². The van der Waals surface area contributed by atoms with Crippen molar-refractivity contribution in [3.63, 3.8) is 0 Å². The number of amides is 1. The first-order chi connectivity index (χ1) is 13.4. The van der Waals surface area contributed by atoms with E-state index in [0.717, 1.165) is 65.9 Å². The summed E-state index contributed by atoms with van der Waals surface area (Å²) in [6, 6.07) is 6.11. The molecule has 1 aromatic carbocycles. The van der Waals surface area contributed by atoms with E-state index >= 15 is 0 Å². The minimum atomic E-state index is -0.281. The number of unbranched alkanes of at least 4 members (excludes halogenated alkanes) is 1. The lowest BCUT2D eigenvalue weighted by Crippen LogP contribution is -2.31. The second kappa shape index (κ2) is 9.72. The fraction of sp³-hybridized carbons (Fsp3) is 0.500. The number of anilines is 1. The van der Waals surface area contributed by atoms with Crippen LogP contribution in [0.15, 0.2) is 23.0 Å². The zero-order valence-electron chi connectivity index (χ0n) is 18.2. The highest BCUT2D eigenvalue weighted by atomic mass is 16.2. The number of nitrogens with zero attached hydrogens (tertiary/aromatic N) is 1. The van der Waals surface area contributed by atoms with Crippen LogP contribution in [0.25, 0.3) is 0 Å². The summed E-state index contributed by atoms with van der Waals surface area (Å²) in [6.45, 7) is 10.2. The van der Waals surface area contributed by atoms with Gasteiger partial charge in [-0.2, -0.15) is 0 Å². The molecule has 0 radical (unpaired) electrons. The highest BCUT2D eigenvalue weighted by Crippen LogP contribution is 2.24. The molecule has 0 saturated carbocycles. The first-order valence-electron chi connectivity index (χ1n) is 10.5. The van der Waals surface area contributed by atoms with E-state index in [9.17, 15) is 9.59 Å². The van der Waals surface area contributed by atoms with Gasteiger partial charge in [0.15, 0.2) is 5.43 Å². The monoisotopic (exact) mass is 382 g/mol. The standard InChI is InChI=1S/C24H34N2O2/c1-7-11-15-20-21(23(27)19(10-4)16(5)26(20)6)24(28)25-22-17(8-2)13-12-14-18(22)9-3/h12-14H,7-11,15H2,1-6H3,(H,25,28). The molecule has 1 heterocycles. The molecule has 2 aromatic rings. The summed E-state index contributed by atoms with van der Waals surface area (Å²) in [4.78, 5) is 26.6. The highest BCUT2D eigenvalue weighted by molar-refractivity contribution is 6.06. The van der Waals surface area contributed by atoms with Crippen molar-refractivity contribution < 1.29 is 4.79 Å². The predicted octanol–water partition coefficient (Wildman–Crippen LogP) is 4.98. The maximum absolute atomic E-state index is 13.4. The van der Waals surface area contributed by atoms with Gasteiger partial charge in [0.1, 0.15) is 5.56 Å². The zero-order chi connectivity index (χ0) is 20.8. The summed E-state index contributed by atoms with van der Waals surface area (Å²) >= 11 is 0. The Balaban J connectivity index is 2.62. The lowest BCUT2D eigenvalue weighted by atomic mass is 9.99. The summed E-state index contributed by atoms with van der Waals surface area (Å²) in [5, 5.41) is 3.10. The molecule has 0 bridgehead atoms. The normalized spacial score (nSPS) is 10.9. The number of para-hydroxylation sites is 1. The van der Waals surface area contributed by atoms with Gasteiger partial charge < -0.3 is 9.88 Å². The fourth-order valence-electron chi connectivity index (χ4n) is 3.89. The van der Waals surface area contributed by atoms with Crippen molar-refractivity contribution in [1.29, 1.82) is 0 Å². The van der Waals surface area contributed by atoms with Gasteiger partial charge in [0, 0.05) is 29.7 Å². The van der Waals surface area contributed by atoms with Crippen LogP contribution >= 0.6 is 0 Å². The van der Waals surface area contributed by atoms with E-state index in [2.05, 4.69) is 26.1 Å². The van der Waals surface area contributed by atoms with E-state index in [1.54, 1.807) is 0 Å². The van der Waals surface area contributed by atoms with Gasteiger partial charge in [-0.15, -0.1) is 0 Å². The van der Waals surface area contributed by atoms with Crippen molar-refractivity contribution in [3.05, 3.63) is 62.1 Å². The van der Waals surface area contributed by atoms with Crippen LogP contribution in [0.1, 0.15) is 79.0 Å². The van der Waals surface area contributed by atoms with Crippen LogP contribution < -0.4 is 10.7 Å². The first kappa shape index (κ1) is 21.9. The van der Waals surface area contributed by atoms with E-state index in [4.69, 9.17) is 0 Å². The van der Waals surface area contributed by atoms with E-state index in [0.29, 0.717) is 12.0 Å². The van der Waals surface area contributed by atoms with Crippen molar-refractivity contribution in [2.75, 3.05) is 5.32 Å². The van der Waals surface area contributed by atoms with Crippen LogP contribution in [0.5, 0.6) is 0 Å². The second-order valence-corrected chi connectivity index (χ2v) is 7.34. The average molecular weight is 383 g/mol. The Morgan fingerprint density at radius 3 is 2.14 bits per heavy atom. The van der Waals surface area contributed by atoms with E-state index < -0.39 is 0 Å². The number of aromatic nitrogens is 1. The molecule has 28 heavy (non-hydrogen) atoms. The van der Waals surface area contributed by atoms with Gasteiger partial charge in [0.25, 0.3) is 5.91 Å². The summed E-state index contributed by atoms with van der Waals surface area (Å²) in [6.07, 6.45) is 4.98. The number of hydrogen-bond donors (Lipinski definition) is 1. The topological polar surface area (TPSA) is 51.1 Å². The molecule has 0 atom stereocenters. The smallest absolute Gasteiger partial charge is 0.261 e. The number of carbonyl (C=O) groups excluding carboxylic acids is 1. The van der Waals surface area contributed by atoms with Crippen molar-refractivity contribution in [2.24, 2.45) is 7.05 Å². The Bertz CT molecular complexity index is 888. The summed E-state index contributed by atoms with van der Waals surface area (Å²) in [5.41, 5.74) is 5.78. The predicted molar refractivity (Wildman–Crippen MR) is 118 cm³/mol. The average Bonchev–Trinajstić information content (AvgIpc) is 2.69. The van der Waals surface area contributed by atoms with Gasteiger partial charge >= 0.3 is 0 Å². The molecule has 0 aliphatic rings. The maximum atomic E-state index is 13.4. The number of pyridine rings is 1. The molecular formula is C24H34N2O2. The van der Waals surface area contributed by atoms with Crippen LogP contribution in [0.3, 0.4) is 0 Å². The number of nitrogens with one attached hydrogen (secondary N) is 1. The molecule has 2 rings (SSSR count). The summed E-state index contributed by atoms with van der Waals surface area (Å²) in [7, 11) is 1.97. The first-order valence-corrected chi connectivity index (χ1v) is 10.5. The minimum absolute atomic E-state index is 0.117. The number of hydrogen-bond acceptors (Lipinski definition) is 2. The number of aryl methyl sites for hydroxylation is 2. The number of rotatable bonds is 8. The zero-order valence-corrected chi connectivity index (χ0v) is 18.2. The van der Waals surface area contributed by atoms with Gasteiger partial charge in [-0.1, -0.05) is 52.3 Å². The van der Waals surface area contributed by atoms with Crippen molar-refractivity contribution >= 4 is 11.6 Å². The molecule has 4 heteroatoms. The molecule has 1 aromatic heterocycles. The Morgan fingerprint density at radius 2 is 1.64 bits per heavy atom. The van der Waals surface area contributed by atoms with Gasteiger partial charge in [-0.25, -0.2) is 0 Å². The van der Waals surface area contributed by atoms with Crippen LogP contribution in [-0.4, -0.2) is 10.5 Å². The molecule has 0 fully saturated rings. The van der Waals surface area contributed by atoms with Crippen LogP contribution in [0.2, 0.25) is 0 Å². The molecule has 0 spiro atoms. The summed E-state index contributed by atoms with van der Waals surface area (Å²) in [5.74, 6) is -0.281. The molecule has 0 unspecified atom stereocenters. The summed E-state index contributed by atoms with van der Waals surface area (Å²) < 4.78 is 2.04. The van der Waals surface area contributed by atoms with Crippen LogP contribution in [-0.2, 0) is 32.7 Å². The van der Waals surface area contributed by atoms with Gasteiger partial charge in [0.2, 0.25) is 0 Å². The highest BCUT2D eigenvalue weighted by Gasteiger charge is 2.23. The molecule has 4 nitrogen and oxygen atoms in total. The number of carbonyl (C=O) groups is 1. The van der Waals surface area contributed by atoms with E-state index in [1.165, 1.54) is 0 Å². The molecule has 1 N–H and O–H groups in total. The third kappa shape index (κ3) is 4.21. The Morgan fingerprint density at radius 1 is 1.04 bits per heavy atom. The molecule has 152 valence electrons. The lowest BCUT2D eigenvalue weighted by molar-refractivity contribution is 0.102. The molecule has 1 amide bonds. The van der Waals surface area contributed by atoms with Gasteiger partial charge in [-0.05, 0) is 50.2 Å². The van der Waals surface area contributed by atoms with Gasteiger partial charge in [0.05, 0.1) is 0 Å². The third-order valence-electron chi connectivity index (χ3n) is 5.72. The molecule has 0 aliphatic heterocycles. The second-order valence-electron chi connectivity index (χ2n) is 7.34. The lowest BCUT2D eigenvalue weighted by Gasteiger charge is -2.20. The fourth-order valence-corrected chi connectivity index (χ4v) is 3.89. The third-order valence-corrected chi connectivity index (χ3v) is 5.72. The minimum Gasteiger partial charge on any atom is -0.351 e. The Hall–Kier alpha value is -2.36. The maximum Gasteiger partial charge on any atom is 0.261 e. The van der Waals surface area contributed by atoms with Crippen molar-refractivity contribution in [3.8, 4) is 0 Å². The quantitative estimate of drug-likeness (QED) is 0.700.